The molecule has 138 valence electrons. The molecule has 0 radical (unpaired) electrons. The van der Waals surface area contributed by atoms with Crippen LogP contribution in [0.4, 0.5) is 0 Å². The van der Waals surface area contributed by atoms with Crippen LogP contribution in [0.15, 0.2) is 0 Å². The van der Waals surface area contributed by atoms with E-state index in [0.717, 1.165) is 58.1 Å². The van der Waals surface area contributed by atoms with Gasteiger partial charge in [-0.15, -0.1) is 5.10 Å². The Labute approximate surface area is 149 Å². The van der Waals surface area contributed by atoms with Crippen LogP contribution in [0.25, 0.3) is 0 Å². The second-order valence-corrected chi connectivity index (χ2v) is 7.91. The molecule has 25 heavy (non-hydrogen) atoms. The second-order valence-electron chi connectivity index (χ2n) is 7.91. The molecule has 1 amide bonds. The molecule has 0 bridgehead atoms. The van der Waals surface area contributed by atoms with Gasteiger partial charge < -0.3 is 4.90 Å². The summed E-state index contributed by atoms with van der Waals surface area (Å²) in [6.45, 7) is 10.9. The maximum atomic E-state index is 11.6. The zero-order chi connectivity index (χ0) is 17.4. The number of aromatic nitrogens is 4. The molecule has 1 aromatic rings. The standard InChI is InChI=1S/C17H29N7O/c1-13-10-21(12-17-18-19-20-24(17)15-4-5-15)11-16(13)23-7-3-6-22(8-9-23)14(2)25/h13,15-16H,3-12H2,1-2H3/t13-,16+/m0/s1. The normalized spacial score (nSPS) is 29.1. The molecule has 0 N–H and O–H groups in total. The Balaban J connectivity index is 1.36. The smallest absolute Gasteiger partial charge is 0.219 e. The van der Waals surface area contributed by atoms with Gasteiger partial charge in [0, 0.05) is 52.2 Å². The number of carbonyl (C=O) groups is 1. The Morgan fingerprint density at radius 1 is 1.16 bits per heavy atom. The summed E-state index contributed by atoms with van der Waals surface area (Å²) < 4.78 is 2.02. The number of carbonyl (C=O) groups excluding carboxylic acids is 1. The minimum absolute atomic E-state index is 0.204. The summed E-state index contributed by atoms with van der Waals surface area (Å²) in [5.41, 5.74) is 0. The van der Waals surface area contributed by atoms with E-state index >= 15 is 0 Å². The van der Waals surface area contributed by atoms with Crippen molar-refractivity contribution in [3.63, 3.8) is 0 Å². The van der Waals surface area contributed by atoms with Crippen molar-refractivity contribution in [1.29, 1.82) is 0 Å². The zero-order valence-corrected chi connectivity index (χ0v) is 15.3. The third-order valence-electron chi connectivity index (χ3n) is 5.91. The lowest BCUT2D eigenvalue weighted by Crippen LogP contribution is -2.43. The lowest BCUT2D eigenvalue weighted by Gasteiger charge is -2.30. The molecule has 1 aliphatic carbocycles. The average Bonchev–Trinajstić information content (AvgIpc) is 3.29. The van der Waals surface area contributed by atoms with E-state index in [-0.39, 0.29) is 5.91 Å². The maximum absolute atomic E-state index is 11.6. The maximum Gasteiger partial charge on any atom is 0.219 e. The Hall–Kier alpha value is -1.54. The summed E-state index contributed by atoms with van der Waals surface area (Å²) in [5, 5.41) is 12.3. The van der Waals surface area contributed by atoms with Crippen LogP contribution in [0.3, 0.4) is 0 Å². The number of nitrogens with zero attached hydrogens (tertiary/aromatic N) is 7. The van der Waals surface area contributed by atoms with Crippen molar-refractivity contribution in [2.45, 2.75) is 51.7 Å². The Morgan fingerprint density at radius 3 is 2.76 bits per heavy atom. The lowest BCUT2D eigenvalue weighted by molar-refractivity contribution is -0.128. The van der Waals surface area contributed by atoms with Crippen molar-refractivity contribution in [3.05, 3.63) is 5.82 Å². The lowest BCUT2D eigenvalue weighted by atomic mass is 10.0. The van der Waals surface area contributed by atoms with Gasteiger partial charge in [-0.05, 0) is 35.6 Å². The molecule has 1 aromatic heterocycles. The summed E-state index contributed by atoms with van der Waals surface area (Å²) in [7, 11) is 0. The van der Waals surface area contributed by atoms with Gasteiger partial charge in [-0.2, -0.15) is 0 Å². The van der Waals surface area contributed by atoms with Gasteiger partial charge in [0.25, 0.3) is 0 Å². The molecule has 1 saturated carbocycles. The molecule has 8 nitrogen and oxygen atoms in total. The molecule has 3 fully saturated rings. The summed E-state index contributed by atoms with van der Waals surface area (Å²) in [5.74, 6) is 1.85. The first-order chi connectivity index (χ1) is 12.1. The molecule has 0 spiro atoms. The molecule has 3 heterocycles. The quantitative estimate of drug-likeness (QED) is 0.784. The first-order valence-corrected chi connectivity index (χ1v) is 9.60. The highest BCUT2D eigenvalue weighted by Gasteiger charge is 2.36. The monoisotopic (exact) mass is 347 g/mol. The molecule has 4 rings (SSSR count). The molecule has 8 heteroatoms. The van der Waals surface area contributed by atoms with Gasteiger partial charge in [0.15, 0.2) is 5.82 Å². The first-order valence-electron chi connectivity index (χ1n) is 9.60. The topological polar surface area (TPSA) is 70.4 Å². The molecular weight excluding hydrogens is 318 g/mol. The van der Waals surface area contributed by atoms with Crippen LogP contribution >= 0.6 is 0 Å². The number of hydrogen-bond acceptors (Lipinski definition) is 6. The van der Waals surface area contributed by atoms with Gasteiger partial charge in [-0.1, -0.05) is 6.92 Å². The van der Waals surface area contributed by atoms with Crippen molar-refractivity contribution in [3.8, 4) is 0 Å². The molecule has 2 aliphatic heterocycles. The molecule has 2 atom stereocenters. The van der Waals surface area contributed by atoms with Crippen LogP contribution < -0.4 is 0 Å². The predicted octanol–water partition coefficient (Wildman–Crippen LogP) is 0.383. The molecular formula is C17H29N7O. The van der Waals surface area contributed by atoms with E-state index in [1.807, 2.05) is 9.58 Å². The molecule has 0 aromatic carbocycles. The number of rotatable bonds is 4. The fourth-order valence-corrected chi connectivity index (χ4v) is 4.36. The van der Waals surface area contributed by atoms with Gasteiger partial charge in [0.2, 0.25) is 5.91 Å². The zero-order valence-electron chi connectivity index (χ0n) is 15.3. The first kappa shape index (κ1) is 16.9. The van der Waals surface area contributed by atoms with Crippen molar-refractivity contribution in [1.82, 2.24) is 34.9 Å². The van der Waals surface area contributed by atoms with E-state index in [9.17, 15) is 4.79 Å². The Morgan fingerprint density at radius 2 is 2.00 bits per heavy atom. The van der Waals surface area contributed by atoms with Crippen LogP contribution in [-0.2, 0) is 11.3 Å². The fourth-order valence-electron chi connectivity index (χ4n) is 4.36. The highest BCUT2D eigenvalue weighted by Crippen LogP contribution is 2.35. The third kappa shape index (κ3) is 3.69. The highest BCUT2D eigenvalue weighted by molar-refractivity contribution is 5.73. The van der Waals surface area contributed by atoms with E-state index in [1.54, 1.807) is 6.92 Å². The number of amides is 1. The molecule has 2 saturated heterocycles. The van der Waals surface area contributed by atoms with Crippen LogP contribution in [0.2, 0.25) is 0 Å². The summed E-state index contributed by atoms with van der Waals surface area (Å²) in [4.78, 5) is 18.7. The third-order valence-corrected chi connectivity index (χ3v) is 5.91. The van der Waals surface area contributed by atoms with E-state index in [2.05, 4.69) is 32.2 Å². The van der Waals surface area contributed by atoms with E-state index in [0.29, 0.717) is 18.0 Å². The summed E-state index contributed by atoms with van der Waals surface area (Å²) in [6.07, 6.45) is 3.48. The molecule has 3 aliphatic rings. The van der Waals surface area contributed by atoms with E-state index < -0.39 is 0 Å². The van der Waals surface area contributed by atoms with Crippen LogP contribution in [0.1, 0.15) is 45.0 Å². The number of likely N-dealkylation sites (tertiary alicyclic amines) is 1. The number of hydrogen-bond donors (Lipinski definition) is 0. The number of tetrazole rings is 1. The van der Waals surface area contributed by atoms with Crippen molar-refractivity contribution in [2.75, 3.05) is 39.3 Å². The van der Waals surface area contributed by atoms with E-state index in [4.69, 9.17) is 0 Å². The van der Waals surface area contributed by atoms with Crippen LogP contribution in [0.5, 0.6) is 0 Å². The van der Waals surface area contributed by atoms with Gasteiger partial charge in [0.1, 0.15) is 0 Å². The Kier molecular flexibility index (Phi) is 4.73. The van der Waals surface area contributed by atoms with Crippen LogP contribution in [-0.4, -0.2) is 86.1 Å². The van der Waals surface area contributed by atoms with Crippen molar-refractivity contribution < 1.29 is 4.79 Å². The predicted molar refractivity (Wildman–Crippen MR) is 92.8 cm³/mol. The SMILES string of the molecule is CC(=O)N1CCCN([C@@H]2CN(Cc3nnnn3C3CC3)C[C@@H]2C)CC1. The Bertz CT molecular complexity index is 614. The summed E-state index contributed by atoms with van der Waals surface area (Å²) >= 11 is 0. The van der Waals surface area contributed by atoms with Crippen LogP contribution in [0, 0.1) is 5.92 Å². The average molecular weight is 347 g/mol. The minimum Gasteiger partial charge on any atom is -0.342 e. The van der Waals surface area contributed by atoms with Gasteiger partial charge in [-0.3, -0.25) is 14.6 Å². The second kappa shape index (κ2) is 6.99. The van der Waals surface area contributed by atoms with Gasteiger partial charge in [-0.25, -0.2) is 4.68 Å². The van der Waals surface area contributed by atoms with Crippen molar-refractivity contribution in [2.24, 2.45) is 5.92 Å². The van der Waals surface area contributed by atoms with Crippen molar-refractivity contribution >= 4 is 5.91 Å². The molecule has 0 unspecified atom stereocenters. The minimum atomic E-state index is 0.204. The van der Waals surface area contributed by atoms with E-state index in [1.165, 1.54) is 12.8 Å². The largest absolute Gasteiger partial charge is 0.342 e. The summed E-state index contributed by atoms with van der Waals surface area (Å²) in [6, 6.07) is 1.10. The fraction of sp³-hybridized carbons (Fsp3) is 0.882. The van der Waals surface area contributed by atoms with Gasteiger partial charge in [0.05, 0.1) is 12.6 Å². The van der Waals surface area contributed by atoms with Gasteiger partial charge >= 0.3 is 0 Å². The highest BCUT2D eigenvalue weighted by atomic mass is 16.2.